The number of hydrogen-bond acceptors (Lipinski definition) is 4. The number of rotatable bonds is 3. The Morgan fingerprint density at radius 1 is 1.44 bits per heavy atom. The average Bonchev–Trinajstić information content (AvgIpc) is 2.93. The number of hydrogen-bond donors (Lipinski definition) is 2. The third-order valence-electron chi connectivity index (χ3n) is 3.49. The molecule has 0 amide bonds. The molecule has 94 valence electrons. The van der Waals surface area contributed by atoms with Crippen molar-refractivity contribution in [3.8, 4) is 0 Å². The standard InChI is InChI=1S/C13H17N5/c1-9(13-15-8-16-18-13)17-11-6-2-4-10-5-3-7-14-12(10)11/h3,5,7-9,11,17H,2,4,6H2,1H3,(H,15,16,18). The van der Waals surface area contributed by atoms with Gasteiger partial charge in [0, 0.05) is 6.20 Å². The molecule has 2 atom stereocenters. The van der Waals surface area contributed by atoms with Gasteiger partial charge in [0.2, 0.25) is 0 Å². The van der Waals surface area contributed by atoms with Crippen molar-refractivity contribution in [3.63, 3.8) is 0 Å². The van der Waals surface area contributed by atoms with Crippen molar-refractivity contribution >= 4 is 0 Å². The second kappa shape index (κ2) is 4.86. The summed E-state index contributed by atoms with van der Waals surface area (Å²) in [6, 6.07) is 4.66. The minimum Gasteiger partial charge on any atom is -0.299 e. The quantitative estimate of drug-likeness (QED) is 0.864. The number of nitrogens with zero attached hydrogens (tertiary/aromatic N) is 3. The van der Waals surface area contributed by atoms with Gasteiger partial charge in [-0.1, -0.05) is 6.07 Å². The molecule has 0 aliphatic heterocycles. The van der Waals surface area contributed by atoms with Crippen molar-refractivity contribution in [2.24, 2.45) is 0 Å². The molecule has 2 heterocycles. The first-order valence-electron chi connectivity index (χ1n) is 6.39. The lowest BCUT2D eigenvalue weighted by Crippen LogP contribution is -2.29. The Morgan fingerprint density at radius 3 is 3.22 bits per heavy atom. The molecule has 1 aliphatic carbocycles. The molecule has 18 heavy (non-hydrogen) atoms. The second-order valence-electron chi connectivity index (χ2n) is 4.75. The van der Waals surface area contributed by atoms with E-state index in [1.54, 1.807) is 6.33 Å². The maximum absolute atomic E-state index is 4.53. The Hall–Kier alpha value is -1.75. The van der Waals surface area contributed by atoms with Crippen LogP contribution in [0.15, 0.2) is 24.7 Å². The lowest BCUT2D eigenvalue weighted by Gasteiger charge is -2.27. The fourth-order valence-electron chi connectivity index (χ4n) is 2.58. The highest BCUT2D eigenvalue weighted by atomic mass is 15.2. The van der Waals surface area contributed by atoms with Crippen molar-refractivity contribution in [2.75, 3.05) is 0 Å². The average molecular weight is 243 g/mol. The first-order valence-corrected chi connectivity index (χ1v) is 6.39. The summed E-state index contributed by atoms with van der Waals surface area (Å²) in [6.45, 7) is 2.09. The summed E-state index contributed by atoms with van der Waals surface area (Å²) in [6.07, 6.45) is 6.89. The van der Waals surface area contributed by atoms with Crippen LogP contribution in [-0.4, -0.2) is 20.2 Å². The van der Waals surface area contributed by atoms with E-state index in [0.29, 0.717) is 6.04 Å². The fraction of sp³-hybridized carbons (Fsp3) is 0.462. The molecule has 0 radical (unpaired) electrons. The smallest absolute Gasteiger partial charge is 0.141 e. The van der Waals surface area contributed by atoms with Gasteiger partial charge in [-0.15, -0.1) is 0 Å². The number of fused-ring (bicyclic) bond motifs is 1. The van der Waals surface area contributed by atoms with Crippen LogP contribution >= 0.6 is 0 Å². The molecule has 1 aliphatic rings. The second-order valence-corrected chi connectivity index (χ2v) is 4.75. The highest BCUT2D eigenvalue weighted by Crippen LogP contribution is 2.29. The van der Waals surface area contributed by atoms with E-state index in [1.165, 1.54) is 17.7 Å². The Bertz CT molecular complexity index is 508. The molecular formula is C13H17N5. The third kappa shape index (κ3) is 2.13. The van der Waals surface area contributed by atoms with Gasteiger partial charge < -0.3 is 0 Å². The number of pyridine rings is 1. The molecule has 0 aromatic carbocycles. The monoisotopic (exact) mass is 243 g/mol. The predicted octanol–water partition coefficient (Wildman–Crippen LogP) is 1.93. The zero-order valence-electron chi connectivity index (χ0n) is 10.4. The summed E-state index contributed by atoms with van der Waals surface area (Å²) in [4.78, 5) is 8.71. The van der Waals surface area contributed by atoms with Gasteiger partial charge >= 0.3 is 0 Å². The fourth-order valence-corrected chi connectivity index (χ4v) is 2.58. The molecule has 0 bridgehead atoms. The highest BCUT2D eigenvalue weighted by molar-refractivity contribution is 5.25. The third-order valence-corrected chi connectivity index (χ3v) is 3.49. The Morgan fingerprint density at radius 2 is 2.39 bits per heavy atom. The lowest BCUT2D eigenvalue weighted by atomic mass is 9.91. The molecule has 5 heteroatoms. The van der Waals surface area contributed by atoms with Crippen LogP contribution in [0.4, 0.5) is 0 Å². The van der Waals surface area contributed by atoms with Gasteiger partial charge in [-0.05, 0) is 37.8 Å². The molecule has 2 N–H and O–H groups in total. The van der Waals surface area contributed by atoms with Crippen LogP contribution < -0.4 is 5.32 Å². The molecule has 2 unspecified atom stereocenters. The van der Waals surface area contributed by atoms with E-state index in [9.17, 15) is 0 Å². The van der Waals surface area contributed by atoms with E-state index in [4.69, 9.17) is 0 Å². The number of aryl methyl sites for hydroxylation is 1. The van der Waals surface area contributed by atoms with E-state index in [0.717, 1.165) is 18.7 Å². The SMILES string of the molecule is CC(NC1CCCc2cccnc21)c1ncn[nH]1. The predicted molar refractivity (Wildman–Crippen MR) is 67.8 cm³/mol. The molecule has 2 aromatic heterocycles. The van der Waals surface area contributed by atoms with E-state index in [-0.39, 0.29) is 6.04 Å². The van der Waals surface area contributed by atoms with Crippen LogP contribution in [0, 0.1) is 0 Å². The minimum atomic E-state index is 0.158. The van der Waals surface area contributed by atoms with Gasteiger partial charge in [-0.25, -0.2) is 4.98 Å². The van der Waals surface area contributed by atoms with Crippen molar-refractivity contribution < 1.29 is 0 Å². The molecule has 3 rings (SSSR count). The van der Waals surface area contributed by atoms with Gasteiger partial charge in [0.25, 0.3) is 0 Å². The maximum Gasteiger partial charge on any atom is 0.141 e. The largest absolute Gasteiger partial charge is 0.299 e. The molecule has 0 saturated heterocycles. The first kappa shape index (κ1) is 11.3. The first-order chi connectivity index (χ1) is 8.84. The summed E-state index contributed by atoms with van der Waals surface area (Å²) in [5, 5.41) is 10.4. The van der Waals surface area contributed by atoms with Crippen molar-refractivity contribution in [3.05, 3.63) is 41.7 Å². The van der Waals surface area contributed by atoms with Crippen LogP contribution in [0.3, 0.4) is 0 Å². The summed E-state index contributed by atoms with van der Waals surface area (Å²) in [5.41, 5.74) is 2.56. The number of aromatic nitrogens is 4. The van der Waals surface area contributed by atoms with Crippen LogP contribution in [0.25, 0.3) is 0 Å². The zero-order valence-corrected chi connectivity index (χ0v) is 10.4. The highest BCUT2D eigenvalue weighted by Gasteiger charge is 2.23. The van der Waals surface area contributed by atoms with Crippen LogP contribution in [0.2, 0.25) is 0 Å². The summed E-state index contributed by atoms with van der Waals surface area (Å²) in [7, 11) is 0. The van der Waals surface area contributed by atoms with Crippen LogP contribution in [0.5, 0.6) is 0 Å². The molecule has 2 aromatic rings. The molecule has 0 spiro atoms. The normalized spacial score (nSPS) is 20.4. The number of aromatic amines is 1. The zero-order chi connectivity index (χ0) is 12.4. The summed E-state index contributed by atoms with van der Waals surface area (Å²) >= 11 is 0. The van der Waals surface area contributed by atoms with Gasteiger partial charge in [-0.3, -0.25) is 15.4 Å². The van der Waals surface area contributed by atoms with Crippen molar-refractivity contribution in [2.45, 2.75) is 38.3 Å². The summed E-state index contributed by atoms with van der Waals surface area (Å²) < 4.78 is 0. The van der Waals surface area contributed by atoms with Crippen LogP contribution in [-0.2, 0) is 6.42 Å². The Balaban J connectivity index is 1.78. The van der Waals surface area contributed by atoms with E-state index in [1.807, 2.05) is 12.3 Å². The molecule has 0 saturated carbocycles. The van der Waals surface area contributed by atoms with Gasteiger partial charge in [0.05, 0.1) is 17.8 Å². The Kier molecular flexibility index (Phi) is 3.06. The van der Waals surface area contributed by atoms with E-state index < -0.39 is 0 Å². The van der Waals surface area contributed by atoms with Crippen molar-refractivity contribution in [1.29, 1.82) is 0 Å². The topological polar surface area (TPSA) is 66.5 Å². The van der Waals surface area contributed by atoms with Crippen LogP contribution in [0.1, 0.15) is 48.9 Å². The maximum atomic E-state index is 4.53. The molecule has 5 nitrogen and oxygen atoms in total. The number of H-pyrrole nitrogens is 1. The summed E-state index contributed by atoms with van der Waals surface area (Å²) in [5.74, 6) is 0.873. The minimum absolute atomic E-state index is 0.158. The Labute approximate surface area is 106 Å². The number of nitrogens with one attached hydrogen (secondary N) is 2. The van der Waals surface area contributed by atoms with E-state index >= 15 is 0 Å². The molecular weight excluding hydrogens is 226 g/mol. The van der Waals surface area contributed by atoms with Gasteiger partial charge in [-0.2, -0.15) is 5.10 Å². The van der Waals surface area contributed by atoms with E-state index in [2.05, 4.69) is 38.5 Å². The molecule has 0 fully saturated rings. The van der Waals surface area contributed by atoms with Gasteiger partial charge in [0.15, 0.2) is 0 Å². The van der Waals surface area contributed by atoms with Crippen molar-refractivity contribution in [1.82, 2.24) is 25.5 Å². The van der Waals surface area contributed by atoms with Gasteiger partial charge in [0.1, 0.15) is 12.2 Å². The lowest BCUT2D eigenvalue weighted by molar-refractivity contribution is 0.398.